The number of aliphatic hydroxyl groups is 1. The van der Waals surface area contributed by atoms with Crippen molar-refractivity contribution in [2.45, 2.75) is 61.2 Å². The second-order valence-corrected chi connectivity index (χ2v) is 12.3. The zero-order valence-corrected chi connectivity index (χ0v) is 21.8. The molecule has 11 heteroatoms. The van der Waals surface area contributed by atoms with E-state index in [4.69, 9.17) is 0 Å². The van der Waals surface area contributed by atoms with Crippen molar-refractivity contribution in [1.82, 2.24) is 24.8 Å². The molecule has 4 heterocycles. The van der Waals surface area contributed by atoms with Crippen LogP contribution in [0, 0.1) is 11.8 Å². The van der Waals surface area contributed by atoms with Gasteiger partial charge in [0, 0.05) is 24.4 Å². The topological polar surface area (TPSA) is 129 Å². The zero-order valence-electron chi connectivity index (χ0n) is 21.0. The second kappa shape index (κ2) is 9.75. The van der Waals surface area contributed by atoms with Crippen molar-refractivity contribution in [3.05, 3.63) is 36.9 Å². The van der Waals surface area contributed by atoms with Gasteiger partial charge in [-0.1, -0.05) is 23.4 Å². The molecule has 0 saturated carbocycles. The van der Waals surface area contributed by atoms with Crippen LogP contribution < -0.4 is 0 Å². The van der Waals surface area contributed by atoms with Crippen molar-refractivity contribution in [2.24, 2.45) is 11.8 Å². The average Bonchev–Trinajstić information content (AvgIpc) is 3.57. The largest absolute Gasteiger partial charge is 0.481 e. The first kappa shape index (κ1) is 25.7. The highest BCUT2D eigenvalue weighted by molar-refractivity contribution is 8.02. The van der Waals surface area contributed by atoms with Crippen LogP contribution in [-0.4, -0.2) is 88.0 Å². The maximum Gasteiger partial charge on any atom is 0.308 e. The van der Waals surface area contributed by atoms with Gasteiger partial charge in [-0.05, 0) is 51.2 Å². The maximum atomic E-state index is 14.4. The first-order valence-electron chi connectivity index (χ1n) is 12.8. The van der Waals surface area contributed by atoms with Gasteiger partial charge in [0.15, 0.2) is 0 Å². The first-order chi connectivity index (χ1) is 17.8. The molecule has 2 bridgehead atoms. The minimum Gasteiger partial charge on any atom is -0.481 e. The molecule has 0 radical (unpaired) electrons. The fourth-order valence-corrected chi connectivity index (χ4v) is 8.97. The number of carboxylic acid groups (broad SMARTS) is 1. The molecule has 2 N–H and O–H groups in total. The third kappa shape index (κ3) is 4.03. The number of para-hydroxylation sites is 1. The van der Waals surface area contributed by atoms with E-state index in [0.717, 1.165) is 11.0 Å². The summed E-state index contributed by atoms with van der Waals surface area (Å²) in [5, 5.41) is 27.8. The molecule has 2 aromatic rings. The number of aliphatic carboxylic acids is 1. The van der Waals surface area contributed by atoms with Crippen molar-refractivity contribution in [2.75, 3.05) is 19.7 Å². The number of carbonyl (C=O) groups excluding carboxylic acids is 2. The lowest BCUT2D eigenvalue weighted by Crippen LogP contribution is -2.55. The Morgan fingerprint density at radius 3 is 2.78 bits per heavy atom. The number of fused-ring (bicyclic) bond motifs is 2. The Kier molecular flexibility index (Phi) is 6.78. The number of aliphatic hydroxyl groups excluding tert-OH is 1. The highest BCUT2D eigenvalue weighted by atomic mass is 32.2. The predicted molar refractivity (Wildman–Crippen MR) is 138 cm³/mol. The van der Waals surface area contributed by atoms with Gasteiger partial charge < -0.3 is 20.0 Å². The van der Waals surface area contributed by atoms with E-state index >= 15 is 0 Å². The molecule has 198 valence electrons. The molecular weight excluding hydrogens is 494 g/mol. The smallest absolute Gasteiger partial charge is 0.308 e. The molecule has 37 heavy (non-hydrogen) atoms. The Hall–Kier alpha value is -2.92. The van der Waals surface area contributed by atoms with Gasteiger partial charge in [-0.2, -0.15) is 0 Å². The molecule has 3 aliphatic rings. The molecule has 5 rings (SSSR count). The molecule has 1 aromatic carbocycles. The molecule has 2 unspecified atom stereocenters. The van der Waals surface area contributed by atoms with Gasteiger partial charge in [-0.15, -0.1) is 23.4 Å². The Balaban J connectivity index is 1.51. The van der Waals surface area contributed by atoms with Crippen molar-refractivity contribution < 1.29 is 24.6 Å². The molecule has 3 saturated heterocycles. The molecule has 1 spiro atoms. The average molecular weight is 528 g/mol. The number of rotatable bonds is 11. The van der Waals surface area contributed by atoms with Crippen LogP contribution in [0.25, 0.3) is 11.0 Å². The fourth-order valence-electron chi connectivity index (χ4n) is 6.62. The summed E-state index contributed by atoms with van der Waals surface area (Å²) in [5.41, 5.74) is 1.51. The summed E-state index contributed by atoms with van der Waals surface area (Å²) in [6, 6.07) is 6.73. The molecule has 5 atom stereocenters. The lowest BCUT2D eigenvalue weighted by atomic mass is 9.66. The Labute approximate surface area is 219 Å². The van der Waals surface area contributed by atoms with Gasteiger partial charge in [0.25, 0.3) is 0 Å². The van der Waals surface area contributed by atoms with E-state index in [9.17, 15) is 24.6 Å². The van der Waals surface area contributed by atoms with E-state index in [-0.39, 0.29) is 31.6 Å². The summed E-state index contributed by atoms with van der Waals surface area (Å²) in [5.74, 6) is -3.00. The van der Waals surface area contributed by atoms with Crippen LogP contribution in [0.2, 0.25) is 0 Å². The number of likely N-dealkylation sites (tertiary alicyclic amines) is 1. The summed E-state index contributed by atoms with van der Waals surface area (Å²) >= 11 is 1.53. The normalized spacial score (nSPS) is 30.2. The lowest BCUT2D eigenvalue weighted by Gasteiger charge is -2.37. The van der Waals surface area contributed by atoms with Gasteiger partial charge >= 0.3 is 5.97 Å². The monoisotopic (exact) mass is 527 g/mol. The number of hydrogen-bond acceptors (Lipinski definition) is 7. The highest BCUT2D eigenvalue weighted by Crippen LogP contribution is 2.71. The number of hydrogen-bond donors (Lipinski definition) is 2. The predicted octanol–water partition coefficient (Wildman–Crippen LogP) is 2.13. The lowest BCUT2D eigenvalue weighted by molar-refractivity contribution is -0.150. The number of thioether (sulfide) groups is 1. The van der Waals surface area contributed by atoms with E-state index in [0.29, 0.717) is 38.6 Å². The minimum atomic E-state index is -0.972. The molecule has 3 aliphatic heterocycles. The Bertz CT molecular complexity index is 1230. The van der Waals surface area contributed by atoms with Crippen LogP contribution in [0.4, 0.5) is 0 Å². The second-order valence-electron chi connectivity index (χ2n) is 10.5. The third-order valence-corrected chi connectivity index (χ3v) is 10.2. The van der Waals surface area contributed by atoms with Gasteiger partial charge in [0.05, 0.1) is 22.1 Å². The van der Waals surface area contributed by atoms with Gasteiger partial charge in [0.1, 0.15) is 18.2 Å². The summed E-state index contributed by atoms with van der Waals surface area (Å²) in [6.07, 6.45) is 4.87. The molecule has 1 aromatic heterocycles. The summed E-state index contributed by atoms with van der Waals surface area (Å²) in [4.78, 5) is 43.9. The summed E-state index contributed by atoms with van der Waals surface area (Å²) in [6.45, 7) is 6.57. The SMILES string of the molecule is C=CCN(Cn1nnc2ccccc21)C(=O)C1N(CCCCCO)C(=O)[C@@H]2[C@@H](C(=O)O)[C@@]3(C)CCC12S3. The number of amides is 2. The molecule has 0 aliphatic carbocycles. The molecule has 3 fully saturated rings. The van der Waals surface area contributed by atoms with Crippen LogP contribution >= 0.6 is 11.8 Å². The van der Waals surface area contributed by atoms with Crippen molar-refractivity contribution in [3.8, 4) is 0 Å². The number of nitrogens with zero attached hydrogens (tertiary/aromatic N) is 5. The molecule has 10 nitrogen and oxygen atoms in total. The van der Waals surface area contributed by atoms with Gasteiger partial charge in [-0.25, -0.2) is 4.68 Å². The van der Waals surface area contributed by atoms with E-state index < -0.39 is 33.3 Å². The van der Waals surface area contributed by atoms with E-state index in [1.807, 2.05) is 31.2 Å². The number of carbonyl (C=O) groups is 3. The Morgan fingerprint density at radius 2 is 2.05 bits per heavy atom. The van der Waals surface area contributed by atoms with E-state index in [2.05, 4.69) is 16.9 Å². The van der Waals surface area contributed by atoms with Crippen molar-refractivity contribution in [3.63, 3.8) is 0 Å². The van der Waals surface area contributed by atoms with E-state index in [1.165, 1.54) is 11.8 Å². The summed E-state index contributed by atoms with van der Waals surface area (Å²) < 4.78 is 0.292. The van der Waals surface area contributed by atoms with E-state index in [1.54, 1.807) is 20.6 Å². The van der Waals surface area contributed by atoms with Crippen LogP contribution in [0.15, 0.2) is 36.9 Å². The van der Waals surface area contributed by atoms with Crippen LogP contribution in [0.5, 0.6) is 0 Å². The molecular formula is C26H33N5O5S. The number of aromatic nitrogens is 3. The summed E-state index contributed by atoms with van der Waals surface area (Å²) in [7, 11) is 0. The minimum absolute atomic E-state index is 0.0666. The first-order valence-corrected chi connectivity index (χ1v) is 13.6. The zero-order chi connectivity index (χ0) is 26.4. The van der Waals surface area contributed by atoms with Crippen molar-refractivity contribution >= 4 is 40.6 Å². The maximum absolute atomic E-state index is 14.4. The van der Waals surface area contributed by atoms with Gasteiger partial charge in [-0.3, -0.25) is 14.4 Å². The molecule has 2 amide bonds. The highest BCUT2D eigenvalue weighted by Gasteiger charge is 2.77. The fraction of sp³-hybridized carbons (Fsp3) is 0.577. The third-order valence-electron chi connectivity index (χ3n) is 8.22. The van der Waals surface area contributed by atoms with Crippen molar-refractivity contribution in [1.29, 1.82) is 0 Å². The van der Waals surface area contributed by atoms with Gasteiger partial charge in [0.2, 0.25) is 11.8 Å². The van der Waals surface area contributed by atoms with Crippen LogP contribution in [0.3, 0.4) is 0 Å². The van der Waals surface area contributed by atoms with Crippen LogP contribution in [0.1, 0.15) is 39.0 Å². The number of unbranched alkanes of at least 4 members (excludes halogenated alkanes) is 2. The Morgan fingerprint density at radius 1 is 1.27 bits per heavy atom. The van der Waals surface area contributed by atoms with Crippen LogP contribution in [-0.2, 0) is 21.1 Å². The number of benzene rings is 1. The standard InChI is InChI=1S/C26H33N5O5S/c1-3-13-29(16-31-18-10-6-5-9-17(18)27-28-31)23(34)21-26-12-11-25(2,37-26)20(24(35)36)19(26)22(33)30(21)14-7-4-8-15-32/h3,5-6,9-10,19-21,32H,1,4,7-8,11-16H2,2H3,(H,35,36)/t19-,20-,21?,25+,26?/m0/s1. The number of carboxylic acids is 1. The quantitative estimate of drug-likeness (QED) is 0.336.